The van der Waals surface area contributed by atoms with Crippen molar-refractivity contribution in [1.82, 2.24) is 14.7 Å². The maximum Gasteiger partial charge on any atom is 0.167 e. The van der Waals surface area contributed by atoms with Gasteiger partial charge in [-0.3, -0.25) is 0 Å². The molecule has 4 unspecified atom stereocenters. The third-order valence-electron chi connectivity index (χ3n) is 6.01. The lowest BCUT2D eigenvalue weighted by Gasteiger charge is -2.17. The molecule has 2 aromatic heterocycles. The fourth-order valence-electron chi connectivity index (χ4n) is 4.21. The molecule has 4 atom stereocenters. The molecule has 3 aromatic rings. The molecule has 5 rings (SSSR count). The summed E-state index contributed by atoms with van der Waals surface area (Å²) in [5.41, 5.74) is 8.60. The van der Waals surface area contributed by atoms with Crippen molar-refractivity contribution in [3.8, 4) is 23.2 Å². The van der Waals surface area contributed by atoms with E-state index in [1.807, 2.05) is 34.9 Å². The van der Waals surface area contributed by atoms with E-state index in [2.05, 4.69) is 22.0 Å². The van der Waals surface area contributed by atoms with Crippen molar-refractivity contribution in [2.45, 2.75) is 19.1 Å². The Morgan fingerprint density at radius 3 is 2.73 bits per heavy atom. The highest BCUT2D eigenvalue weighted by atomic mass is 16.5. The van der Waals surface area contributed by atoms with E-state index < -0.39 is 6.10 Å². The van der Waals surface area contributed by atoms with E-state index in [1.54, 1.807) is 19.3 Å². The van der Waals surface area contributed by atoms with Crippen LogP contribution >= 0.6 is 0 Å². The molecule has 30 heavy (non-hydrogen) atoms. The number of aliphatic hydroxyl groups is 1. The summed E-state index contributed by atoms with van der Waals surface area (Å²) in [6, 6.07) is 9.60. The van der Waals surface area contributed by atoms with Crippen molar-refractivity contribution >= 4 is 0 Å². The molecule has 0 bridgehead atoms. The number of ether oxygens (including phenoxy) is 1. The Labute approximate surface area is 174 Å². The minimum Gasteiger partial charge on any atom is -0.385 e. The Bertz CT molecular complexity index is 1080. The van der Waals surface area contributed by atoms with Gasteiger partial charge in [-0.25, -0.2) is 4.98 Å². The van der Waals surface area contributed by atoms with E-state index in [0.717, 1.165) is 24.3 Å². The van der Waals surface area contributed by atoms with Crippen LogP contribution in [0.3, 0.4) is 0 Å². The highest BCUT2D eigenvalue weighted by Crippen LogP contribution is 2.50. The molecule has 2 aliphatic rings. The minimum absolute atomic E-state index is 0.262. The third kappa shape index (κ3) is 3.43. The Hall–Kier alpha value is -2.92. The first-order valence-corrected chi connectivity index (χ1v) is 10.2. The summed E-state index contributed by atoms with van der Waals surface area (Å²) < 4.78 is 12.8. The molecule has 0 amide bonds. The molecule has 0 spiro atoms. The van der Waals surface area contributed by atoms with Crippen LogP contribution in [0.5, 0.6) is 0 Å². The van der Waals surface area contributed by atoms with Crippen LogP contribution in [0.4, 0.5) is 0 Å². The smallest absolute Gasteiger partial charge is 0.167 e. The van der Waals surface area contributed by atoms with Gasteiger partial charge in [0, 0.05) is 53.9 Å². The van der Waals surface area contributed by atoms with Crippen LogP contribution in [0.2, 0.25) is 0 Å². The van der Waals surface area contributed by atoms with Crippen molar-refractivity contribution in [2.75, 3.05) is 19.8 Å². The van der Waals surface area contributed by atoms with Crippen LogP contribution in [0.25, 0.3) is 11.3 Å². The maximum absolute atomic E-state index is 9.94. The molecule has 1 aliphatic carbocycles. The number of aromatic nitrogens is 3. The van der Waals surface area contributed by atoms with Crippen molar-refractivity contribution in [3.05, 3.63) is 59.8 Å². The SMILES string of the molecule is CC(O)c1nccn1C(CN)c1cc(-c2ccc(C#CC3C4COCC34)cc2)on1. The van der Waals surface area contributed by atoms with E-state index in [4.69, 9.17) is 15.0 Å². The second-order valence-electron chi connectivity index (χ2n) is 7.97. The second kappa shape index (κ2) is 7.73. The van der Waals surface area contributed by atoms with Crippen molar-refractivity contribution in [1.29, 1.82) is 0 Å². The van der Waals surface area contributed by atoms with Gasteiger partial charge in [0.25, 0.3) is 0 Å². The minimum atomic E-state index is -0.697. The molecule has 7 heteroatoms. The first-order valence-electron chi connectivity index (χ1n) is 10.2. The number of nitrogens with zero attached hydrogens (tertiary/aromatic N) is 3. The molecule has 154 valence electrons. The molecule has 1 saturated carbocycles. The first kappa shape index (κ1) is 19.1. The molecular weight excluding hydrogens is 380 g/mol. The summed E-state index contributed by atoms with van der Waals surface area (Å²) in [7, 11) is 0. The zero-order chi connectivity index (χ0) is 20.7. The number of imidazole rings is 1. The van der Waals surface area contributed by atoms with Gasteiger partial charge < -0.3 is 24.7 Å². The van der Waals surface area contributed by atoms with E-state index in [1.165, 1.54) is 0 Å². The van der Waals surface area contributed by atoms with Crippen LogP contribution in [-0.4, -0.2) is 39.6 Å². The zero-order valence-electron chi connectivity index (χ0n) is 16.7. The largest absolute Gasteiger partial charge is 0.385 e. The standard InChI is InChI=1S/C23H24N4O3/c1-14(28)23-25-8-9-27(23)21(11-24)20-10-22(30-26-20)16-5-2-15(3-6-16)4-7-17-18-12-29-13-19(17)18/h2-3,5-6,8-10,14,17-19,21,28H,11-13,24H2,1H3. The van der Waals surface area contributed by atoms with Gasteiger partial charge in [0.2, 0.25) is 0 Å². The monoisotopic (exact) mass is 404 g/mol. The average molecular weight is 404 g/mol. The van der Waals surface area contributed by atoms with E-state index in [-0.39, 0.29) is 6.04 Å². The summed E-state index contributed by atoms with van der Waals surface area (Å²) >= 11 is 0. The molecule has 1 saturated heterocycles. The van der Waals surface area contributed by atoms with Crippen molar-refractivity contribution in [2.24, 2.45) is 23.5 Å². The fraction of sp³-hybridized carbons (Fsp3) is 0.391. The Kier molecular flexibility index (Phi) is 4.91. The Morgan fingerprint density at radius 2 is 2.03 bits per heavy atom. The average Bonchev–Trinajstić information content (AvgIpc) is 3.29. The molecule has 2 fully saturated rings. The summed E-state index contributed by atoms with van der Waals surface area (Å²) in [6.45, 7) is 3.70. The van der Waals surface area contributed by atoms with Gasteiger partial charge in [0.05, 0.1) is 19.3 Å². The number of aliphatic hydroxyl groups excluding tert-OH is 1. The lowest BCUT2D eigenvalue weighted by Crippen LogP contribution is -2.22. The predicted molar refractivity (Wildman–Crippen MR) is 110 cm³/mol. The van der Waals surface area contributed by atoms with Gasteiger partial charge in [0.15, 0.2) is 5.76 Å². The number of rotatable bonds is 5. The normalized spacial score (nSPS) is 24.0. The van der Waals surface area contributed by atoms with E-state index in [9.17, 15) is 5.11 Å². The fourth-order valence-corrected chi connectivity index (χ4v) is 4.21. The van der Waals surface area contributed by atoms with Crippen LogP contribution in [0.1, 0.15) is 36.2 Å². The van der Waals surface area contributed by atoms with Gasteiger partial charge in [-0.1, -0.05) is 17.0 Å². The second-order valence-corrected chi connectivity index (χ2v) is 7.97. The summed E-state index contributed by atoms with van der Waals surface area (Å²) in [6.07, 6.45) is 2.74. The number of fused-ring (bicyclic) bond motifs is 1. The van der Waals surface area contributed by atoms with Gasteiger partial charge in [-0.15, -0.1) is 0 Å². The highest BCUT2D eigenvalue weighted by molar-refractivity contribution is 5.59. The third-order valence-corrected chi connectivity index (χ3v) is 6.01. The number of hydrogen-bond donors (Lipinski definition) is 2. The lowest BCUT2D eigenvalue weighted by molar-refractivity contribution is 0.158. The molecule has 1 aliphatic heterocycles. The number of nitrogens with two attached hydrogens (primary N) is 1. The molecule has 0 radical (unpaired) electrons. The molecule has 7 nitrogen and oxygen atoms in total. The van der Waals surface area contributed by atoms with Gasteiger partial charge in [-0.2, -0.15) is 0 Å². The van der Waals surface area contributed by atoms with Crippen molar-refractivity contribution in [3.63, 3.8) is 0 Å². The van der Waals surface area contributed by atoms with Crippen LogP contribution in [0.15, 0.2) is 47.2 Å². The van der Waals surface area contributed by atoms with Crippen LogP contribution in [-0.2, 0) is 4.74 Å². The summed E-state index contributed by atoms with van der Waals surface area (Å²) in [4.78, 5) is 4.22. The lowest BCUT2D eigenvalue weighted by atomic mass is 10.1. The quantitative estimate of drug-likeness (QED) is 0.634. The topological polar surface area (TPSA) is 99.3 Å². The molecule has 1 aromatic carbocycles. The highest BCUT2D eigenvalue weighted by Gasteiger charge is 2.53. The summed E-state index contributed by atoms with van der Waals surface area (Å²) in [5, 5.41) is 14.2. The van der Waals surface area contributed by atoms with E-state index >= 15 is 0 Å². The molecule has 3 N–H and O–H groups in total. The number of benzene rings is 1. The van der Waals surface area contributed by atoms with Gasteiger partial charge in [-0.05, 0) is 31.2 Å². The van der Waals surface area contributed by atoms with Crippen molar-refractivity contribution < 1.29 is 14.4 Å². The molecule has 3 heterocycles. The maximum atomic E-state index is 9.94. The van der Waals surface area contributed by atoms with Crippen LogP contribution in [0, 0.1) is 29.6 Å². The van der Waals surface area contributed by atoms with Gasteiger partial charge >= 0.3 is 0 Å². The summed E-state index contributed by atoms with van der Waals surface area (Å²) in [5.74, 6) is 9.65. The Balaban J connectivity index is 1.32. The zero-order valence-corrected chi connectivity index (χ0v) is 16.7. The first-order chi connectivity index (χ1) is 14.7. The van der Waals surface area contributed by atoms with Gasteiger partial charge in [0.1, 0.15) is 17.6 Å². The molecular formula is C23H24N4O3. The van der Waals surface area contributed by atoms with E-state index in [0.29, 0.717) is 41.6 Å². The van der Waals surface area contributed by atoms with Crippen LogP contribution < -0.4 is 5.73 Å². The number of hydrogen-bond acceptors (Lipinski definition) is 6. The predicted octanol–water partition coefficient (Wildman–Crippen LogP) is 2.38. The Morgan fingerprint density at radius 1 is 1.27 bits per heavy atom.